The van der Waals surface area contributed by atoms with Gasteiger partial charge in [0, 0.05) is 30.3 Å². The van der Waals surface area contributed by atoms with Crippen LogP contribution in [0, 0.1) is 6.92 Å². The maximum atomic E-state index is 4.97. The molecular weight excluding hydrogens is 334 g/mol. The van der Waals surface area contributed by atoms with E-state index in [2.05, 4.69) is 66.4 Å². The van der Waals surface area contributed by atoms with Crippen LogP contribution in [0.3, 0.4) is 0 Å². The van der Waals surface area contributed by atoms with Crippen molar-refractivity contribution in [2.24, 2.45) is 9.98 Å². The molecule has 5 rings (SSSR count). The predicted molar refractivity (Wildman–Crippen MR) is 109 cm³/mol. The summed E-state index contributed by atoms with van der Waals surface area (Å²) in [6, 6.07) is 20.8. The Bertz CT molecular complexity index is 1030. The van der Waals surface area contributed by atoms with Crippen molar-refractivity contribution in [1.29, 1.82) is 0 Å². The third kappa shape index (κ3) is 2.85. The number of hydrogen-bond donors (Lipinski definition) is 0. The first-order valence-corrected chi connectivity index (χ1v) is 9.43. The highest BCUT2D eigenvalue weighted by Crippen LogP contribution is 2.29. The highest BCUT2D eigenvalue weighted by Gasteiger charge is 2.29. The molecule has 134 valence electrons. The van der Waals surface area contributed by atoms with Crippen molar-refractivity contribution in [2.75, 3.05) is 13.1 Å². The molecular formula is C22H21N5. The number of aliphatic imine (C=N–C) groups is 2. The van der Waals surface area contributed by atoms with Crippen LogP contribution < -0.4 is 0 Å². The molecule has 2 aromatic carbocycles. The molecule has 2 aliphatic heterocycles. The number of aromatic nitrogens is 2. The maximum absolute atomic E-state index is 4.97. The minimum absolute atomic E-state index is 0.826. The number of hydrogen-bond acceptors (Lipinski definition) is 4. The number of fused-ring (bicyclic) bond motifs is 3. The quantitative estimate of drug-likeness (QED) is 0.690. The van der Waals surface area contributed by atoms with E-state index in [0.29, 0.717) is 0 Å². The van der Waals surface area contributed by atoms with Crippen LogP contribution in [0.4, 0.5) is 5.82 Å². The van der Waals surface area contributed by atoms with Gasteiger partial charge in [-0.1, -0.05) is 60.2 Å². The first-order chi connectivity index (χ1) is 13.3. The molecule has 0 amide bonds. The highest BCUT2D eigenvalue weighted by molar-refractivity contribution is 6.12. The molecule has 5 heteroatoms. The Labute approximate surface area is 158 Å². The van der Waals surface area contributed by atoms with Crippen LogP contribution >= 0.6 is 0 Å². The summed E-state index contributed by atoms with van der Waals surface area (Å²) in [6.07, 6.45) is 2.18. The van der Waals surface area contributed by atoms with Crippen molar-refractivity contribution >= 4 is 17.6 Å². The van der Waals surface area contributed by atoms with Crippen molar-refractivity contribution in [3.8, 4) is 11.3 Å². The summed E-state index contributed by atoms with van der Waals surface area (Å²) in [5.41, 5.74) is 4.37. The summed E-state index contributed by atoms with van der Waals surface area (Å²) < 4.78 is 1.90. The summed E-state index contributed by atoms with van der Waals surface area (Å²) in [7, 11) is 0. The van der Waals surface area contributed by atoms with Crippen LogP contribution in [-0.4, -0.2) is 39.6 Å². The van der Waals surface area contributed by atoms with Crippen molar-refractivity contribution < 1.29 is 0 Å². The molecule has 3 heterocycles. The van der Waals surface area contributed by atoms with Gasteiger partial charge in [0.2, 0.25) is 5.96 Å². The Morgan fingerprint density at radius 1 is 0.889 bits per heavy atom. The summed E-state index contributed by atoms with van der Waals surface area (Å²) in [6.45, 7) is 3.83. The second kappa shape index (κ2) is 6.50. The fraction of sp³-hybridized carbons (Fsp3) is 0.227. The van der Waals surface area contributed by atoms with Gasteiger partial charge in [-0.05, 0) is 19.8 Å². The lowest BCUT2D eigenvalue weighted by atomic mass is 10.1. The molecule has 0 radical (unpaired) electrons. The van der Waals surface area contributed by atoms with Crippen LogP contribution in [0.15, 0.2) is 70.6 Å². The lowest BCUT2D eigenvalue weighted by Gasteiger charge is -2.29. The molecule has 1 aromatic heterocycles. The second-order valence-electron chi connectivity index (χ2n) is 7.01. The number of benzene rings is 2. The zero-order valence-corrected chi connectivity index (χ0v) is 15.3. The van der Waals surface area contributed by atoms with Crippen LogP contribution in [0.25, 0.3) is 11.3 Å². The van der Waals surface area contributed by atoms with E-state index in [0.717, 1.165) is 60.4 Å². The average Bonchev–Trinajstić information content (AvgIpc) is 2.98. The first kappa shape index (κ1) is 16.0. The Balaban J connectivity index is 1.66. The first-order valence-electron chi connectivity index (χ1n) is 9.43. The van der Waals surface area contributed by atoms with Gasteiger partial charge in [0.05, 0.1) is 5.69 Å². The van der Waals surface area contributed by atoms with Gasteiger partial charge in [-0.2, -0.15) is 9.78 Å². The third-order valence-corrected chi connectivity index (χ3v) is 5.02. The normalized spacial score (nSPS) is 16.1. The molecule has 0 bridgehead atoms. The fourth-order valence-electron chi connectivity index (χ4n) is 3.57. The molecule has 0 fully saturated rings. The van der Waals surface area contributed by atoms with Gasteiger partial charge in [0.25, 0.3) is 0 Å². The number of nitrogens with zero attached hydrogens (tertiary/aromatic N) is 5. The molecule has 0 saturated heterocycles. The van der Waals surface area contributed by atoms with Gasteiger partial charge in [0.15, 0.2) is 5.82 Å². The Morgan fingerprint density at radius 2 is 1.70 bits per heavy atom. The van der Waals surface area contributed by atoms with E-state index >= 15 is 0 Å². The summed E-state index contributed by atoms with van der Waals surface area (Å²) >= 11 is 0. The van der Waals surface area contributed by atoms with Gasteiger partial charge in [-0.15, -0.1) is 0 Å². The van der Waals surface area contributed by atoms with E-state index < -0.39 is 0 Å². The lowest BCUT2D eigenvalue weighted by Crippen LogP contribution is -2.44. The molecule has 27 heavy (non-hydrogen) atoms. The molecule has 0 spiro atoms. The predicted octanol–water partition coefficient (Wildman–Crippen LogP) is 4.25. The second-order valence-corrected chi connectivity index (χ2v) is 7.01. The van der Waals surface area contributed by atoms with E-state index in [-0.39, 0.29) is 0 Å². The van der Waals surface area contributed by atoms with Gasteiger partial charge in [-0.3, -0.25) is 9.89 Å². The maximum Gasteiger partial charge on any atom is 0.229 e. The number of rotatable bonds is 2. The van der Waals surface area contributed by atoms with Gasteiger partial charge < -0.3 is 0 Å². The van der Waals surface area contributed by atoms with E-state index in [1.54, 1.807) is 0 Å². The number of amidine groups is 1. The molecule has 3 aromatic rings. The molecule has 0 N–H and O–H groups in total. The van der Waals surface area contributed by atoms with Crippen molar-refractivity contribution in [3.63, 3.8) is 0 Å². The topological polar surface area (TPSA) is 45.8 Å². The van der Waals surface area contributed by atoms with Crippen molar-refractivity contribution in [3.05, 3.63) is 71.8 Å². The Morgan fingerprint density at radius 3 is 2.52 bits per heavy atom. The molecule has 2 aliphatic rings. The van der Waals surface area contributed by atoms with Crippen LogP contribution in [0.1, 0.15) is 24.0 Å². The minimum atomic E-state index is 0.826. The summed E-state index contributed by atoms with van der Waals surface area (Å²) in [5.74, 6) is 2.68. The van der Waals surface area contributed by atoms with E-state index in [1.165, 1.54) is 5.56 Å². The number of aryl methyl sites for hydroxylation is 1. The van der Waals surface area contributed by atoms with E-state index in [9.17, 15) is 0 Å². The fourth-order valence-corrected chi connectivity index (χ4v) is 3.57. The van der Waals surface area contributed by atoms with E-state index in [4.69, 9.17) is 15.1 Å². The van der Waals surface area contributed by atoms with Crippen molar-refractivity contribution in [2.45, 2.75) is 19.8 Å². The zero-order valence-electron chi connectivity index (χ0n) is 15.3. The largest absolute Gasteiger partial charge is 0.295 e. The van der Waals surface area contributed by atoms with Crippen LogP contribution in [0.5, 0.6) is 0 Å². The Hall–Kier alpha value is -3.21. The monoisotopic (exact) mass is 355 g/mol. The Kier molecular flexibility index (Phi) is 3.85. The van der Waals surface area contributed by atoms with Crippen molar-refractivity contribution in [1.82, 2.24) is 14.7 Å². The van der Waals surface area contributed by atoms with Crippen LogP contribution in [-0.2, 0) is 0 Å². The van der Waals surface area contributed by atoms with Gasteiger partial charge in [-0.25, -0.2) is 4.99 Å². The minimum Gasteiger partial charge on any atom is -0.295 e. The smallest absolute Gasteiger partial charge is 0.229 e. The average molecular weight is 355 g/mol. The van der Waals surface area contributed by atoms with Gasteiger partial charge in [0.1, 0.15) is 5.84 Å². The molecule has 0 aliphatic carbocycles. The van der Waals surface area contributed by atoms with Gasteiger partial charge >= 0.3 is 0 Å². The third-order valence-electron chi connectivity index (χ3n) is 5.02. The highest BCUT2D eigenvalue weighted by atomic mass is 15.5. The van der Waals surface area contributed by atoms with E-state index in [1.807, 2.05) is 10.7 Å². The molecule has 0 atom stereocenters. The zero-order chi connectivity index (χ0) is 18.2. The van der Waals surface area contributed by atoms with Crippen LogP contribution in [0.2, 0.25) is 0 Å². The summed E-state index contributed by atoms with van der Waals surface area (Å²) in [4.78, 5) is 12.0. The molecule has 0 unspecified atom stereocenters. The lowest BCUT2D eigenvalue weighted by molar-refractivity contribution is 0.553. The molecule has 0 saturated carbocycles. The summed E-state index contributed by atoms with van der Waals surface area (Å²) in [5, 5.41) is 4.84. The molecule has 5 nitrogen and oxygen atoms in total. The standard InChI is InChI=1S/C22H21N5/c1-16-9-11-17(12-10-16)19-15-20-24-21(18-7-3-2-4-8-18)26-14-6-5-13-23-22(26)27(20)25-19/h2-4,7-12,15H,5-6,13-14H2,1H3. The SMILES string of the molecule is Cc1ccc(-c2cc3n(n2)C2=NCCCCN2C(c2ccccc2)=N3)cc1.